The van der Waals surface area contributed by atoms with Gasteiger partial charge < -0.3 is 0 Å². The third kappa shape index (κ3) is 1.53. The Morgan fingerprint density at radius 2 is 1.88 bits per heavy atom. The fourth-order valence-corrected chi connectivity index (χ4v) is 16.6. The number of hydrogen-bond donors (Lipinski definition) is 0. The van der Waals surface area contributed by atoms with Crippen LogP contribution in [0.5, 0.6) is 0 Å². The van der Waals surface area contributed by atoms with Crippen LogP contribution in [0.1, 0.15) is 0 Å². The van der Waals surface area contributed by atoms with Crippen LogP contribution in [0.25, 0.3) is 0 Å². The van der Waals surface area contributed by atoms with Crippen LogP contribution in [0, 0.1) is 0 Å². The fraction of sp³-hybridized carbons (Fsp3) is 1.00. The van der Waals surface area contributed by atoms with Crippen LogP contribution >= 0.6 is 0 Å². The van der Waals surface area contributed by atoms with Crippen molar-refractivity contribution in [2.45, 2.75) is 9.88 Å². The predicted molar refractivity (Wildman–Crippen MR) is 35.2 cm³/mol. The van der Waals surface area contributed by atoms with Crippen LogP contribution in [0.4, 0.5) is 0 Å². The van der Waals surface area contributed by atoms with Crippen molar-refractivity contribution in [1.29, 1.82) is 0 Å². The molecule has 1 heterocycles. The third-order valence-corrected chi connectivity index (χ3v) is 14.9. The summed E-state index contributed by atoms with van der Waals surface area (Å²) in [5, 5.41) is 0. The summed E-state index contributed by atoms with van der Waals surface area (Å²) in [6, 6.07) is 0. The van der Waals surface area contributed by atoms with E-state index in [4.69, 9.17) is 5.04 Å². The second kappa shape index (κ2) is 1.79. The molecular weight excluding hydrogens is 255 g/mol. The van der Waals surface area contributed by atoms with Gasteiger partial charge in [0.15, 0.2) is 0 Å². The summed E-state index contributed by atoms with van der Waals surface area (Å²) in [6.45, 7) is 0. The first kappa shape index (κ1) is 7.20. The van der Waals surface area contributed by atoms with E-state index in [1.807, 2.05) is 9.88 Å². The molecule has 0 bridgehead atoms. The molecule has 6 heteroatoms. The molecule has 0 atom stereocenters. The normalized spacial score (nSPS) is 31.2. The van der Waals surface area contributed by atoms with Gasteiger partial charge in [0, 0.05) is 0 Å². The summed E-state index contributed by atoms with van der Waals surface area (Å²) in [6.07, 6.45) is 0. The van der Waals surface area contributed by atoms with E-state index < -0.39 is 28.3 Å². The van der Waals surface area contributed by atoms with Gasteiger partial charge >= 0.3 is 58.6 Å². The summed E-state index contributed by atoms with van der Waals surface area (Å²) in [5.74, 6) is 0. The average Bonchev–Trinajstić information content (AvgIpc) is 1.20. The molecular formula is C2H6O3S2Sn. The Morgan fingerprint density at radius 1 is 1.50 bits per heavy atom. The van der Waals surface area contributed by atoms with E-state index in [9.17, 15) is 4.21 Å². The van der Waals surface area contributed by atoms with E-state index in [0.717, 1.165) is 0 Å². The first-order valence-corrected chi connectivity index (χ1v) is 12.4. The van der Waals surface area contributed by atoms with Gasteiger partial charge in [0.25, 0.3) is 0 Å². The molecule has 0 saturated carbocycles. The van der Waals surface area contributed by atoms with Gasteiger partial charge in [0.2, 0.25) is 0 Å². The van der Waals surface area contributed by atoms with Gasteiger partial charge in [-0.2, -0.15) is 0 Å². The molecule has 0 unspecified atom stereocenters. The summed E-state index contributed by atoms with van der Waals surface area (Å²) in [4.78, 5) is 3.73. The number of hydrogen-bond acceptors (Lipinski definition) is 4. The van der Waals surface area contributed by atoms with Gasteiger partial charge in [-0.1, -0.05) is 0 Å². The molecule has 1 saturated heterocycles. The van der Waals surface area contributed by atoms with E-state index in [0.29, 0.717) is 0 Å². The molecule has 8 heavy (non-hydrogen) atoms. The van der Waals surface area contributed by atoms with Crippen LogP contribution in [-0.4, -0.2) is 23.4 Å². The van der Waals surface area contributed by atoms with Crippen LogP contribution in [-0.2, 0) is 25.3 Å². The second-order valence-electron chi connectivity index (χ2n) is 1.97. The summed E-state index contributed by atoms with van der Waals surface area (Å²) >= 11 is 1.76. The van der Waals surface area contributed by atoms with Gasteiger partial charge in [-0.25, -0.2) is 0 Å². The average molecular weight is 261 g/mol. The third-order valence-electron chi connectivity index (χ3n) is 0.605. The molecule has 0 amide bonds. The molecule has 1 aliphatic heterocycles. The van der Waals surface area contributed by atoms with Crippen LogP contribution < -0.4 is 0 Å². The first-order chi connectivity index (χ1) is 3.41. The Morgan fingerprint density at radius 3 is 1.88 bits per heavy atom. The summed E-state index contributed by atoms with van der Waals surface area (Å²) in [5.41, 5.74) is 0. The fourth-order valence-electron chi connectivity index (χ4n) is 0.498. The molecule has 0 aromatic heterocycles. The molecule has 1 fully saturated rings. The van der Waals surface area contributed by atoms with Crippen molar-refractivity contribution in [2.24, 2.45) is 0 Å². The predicted octanol–water partition coefficient (Wildman–Crippen LogP) is 0.311. The standard InChI is InChI=1S/2CH3.H2O3S2.Sn/c;;1-5(2,3)4;/h2*1H3;(H2,1,2,3,4);/q;;;+2/p-2. The van der Waals surface area contributed by atoms with E-state index in [2.05, 4.69) is 11.2 Å². The van der Waals surface area contributed by atoms with Crippen molar-refractivity contribution >= 4 is 39.4 Å². The quantitative estimate of drug-likeness (QED) is 0.588. The van der Waals surface area contributed by atoms with Crippen LogP contribution in [0.3, 0.4) is 0 Å². The van der Waals surface area contributed by atoms with Crippen LogP contribution in [0.15, 0.2) is 0 Å². The maximum absolute atomic E-state index is 10.5. The van der Waals surface area contributed by atoms with Crippen molar-refractivity contribution in [3.63, 3.8) is 0 Å². The van der Waals surface area contributed by atoms with Crippen molar-refractivity contribution in [3.05, 3.63) is 0 Å². The Bertz CT molecular complexity index is 179. The SMILES string of the molecule is [CH3][Sn]1([CH3])[O]S(=O)(=S)[O]1. The van der Waals surface area contributed by atoms with E-state index >= 15 is 0 Å². The molecule has 0 radical (unpaired) electrons. The Hall–Kier alpha value is 1.09. The van der Waals surface area contributed by atoms with Crippen molar-refractivity contribution < 1.29 is 9.25 Å². The molecule has 0 N–H and O–H groups in total. The Balaban J connectivity index is 2.68. The topological polar surface area (TPSA) is 35.5 Å². The van der Waals surface area contributed by atoms with E-state index in [1.54, 1.807) is 0 Å². The molecule has 1 aliphatic rings. The van der Waals surface area contributed by atoms with Gasteiger partial charge in [0.1, 0.15) is 0 Å². The van der Waals surface area contributed by atoms with Gasteiger partial charge in [-0.15, -0.1) is 0 Å². The molecule has 48 valence electrons. The molecule has 0 aromatic carbocycles. The first-order valence-electron chi connectivity index (χ1n) is 2.07. The summed E-state index contributed by atoms with van der Waals surface area (Å²) < 4.78 is 20.2. The molecule has 0 aliphatic carbocycles. The summed E-state index contributed by atoms with van der Waals surface area (Å²) in [7, 11) is -2.66. The van der Waals surface area contributed by atoms with E-state index in [-0.39, 0.29) is 0 Å². The molecule has 0 aromatic rings. The van der Waals surface area contributed by atoms with Crippen molar-refractivity contribution in [1.82, 2.24) is 0 Å². The monoisotopic (exact) mass is 262 g/mol. The zero-order chi connectivity index (χ0) is 6.41. The molecule has 3 nitrogen and oxygen atoms in total. The second-order valence-corrected chi connectivity index (χ2v) is 15.2. The Labute approximate surface area is 58.4 Å². The van der Waals surface area contributed by atoms with Gasteiger partial charge in [0.05, 0.1) is 0 Å². The zero-order valence-corrected chi connectivity index (χ0v) is 9.03. The minimum absolute atomic E-state index is 1.87. The minimum atomic E-state index is -2.66. The Kier molecular flexibility index (Phi) is 1.61. The molecule has 0 spiro atoms. The number of rotatable bonds is 0. The maximum atomic E-state index is 10.5. The van der Waals surface area contributed by atoms with Crippen molar-refractivity contribution in [2.75, 3.05) is 0 Å². The van der Waals surface area contributed by atoms with Gasteiger partial charge in [-0.05, 0) is 0 Å². The van der Waals surface area contributed by atoms with Gasteiger partial charge in [-0.3, -0.25) is 0 Å². The van der Waals surface area contributed by atoms with Crippen LogP contribution in [0.2, 0.25) is 9.88 Å². The molecule has 1 rings (SSSR count). The zero-order valence-electron chi connectivity index (χ0n) is 4.54. The van der Waals surface area contributed by atoms with E-state index in [1.165, 1.54) is 0 Å². The van der Waals surface area contributed by atoms with Crippen molar-refractivity contribution in [3.8, 4) is 0 Å².